The second kappa shape index (κ2) is 10.4. The molecule has 0 amide bonds. The van der Waals surface area contributed by atoms with Crippen LogP contribution in [0.15, 0.2) is 27.9 Å². The maximum Gasteiger partial charge on any atom is 0.277 e. The van der Waals surface area contributed by atoms with E-state index in [9.17, 15) is 13.2 Å². The van der Waals surface area contributed by atoms with Crippen molar-refractivity contribution in [3.8, 4) is 17.1 Å². The lowest BCUT2D eigenvalue weighted by molar-refractivity contribution is -0.0974. The second-order valence-corrected chi connectivity index (χ2v) is 11.9. The minimum atomic E-state index is -3.83. The number of hydrogen-bond donors (Lipinski definition) is 1. The normalized spacial score (nSPS) is 21.1. The Bertz CT molecular complexity index is 1500. The number of hydrogen-bond acceptors (Lipinski definition) is 8. The molecule has 38 heavy (non-hydrogen) atoms. The van der Waals surface area contributed by atoms with Crippen molar-refractivity contribution in [3.63, 3.8) is 0 Å². The number of morpholine rings is 1. The molecule has 3 aromatic rings. The lowest BCUT2D eigenvalue weighted by Gasteiger charge is -2.39. The number of likely N-dealkylation sites (N-methyl/N-ethyl adjacent to an activating group) is 1. The van der Waals surface area contributed by atoms with Gasteiger partial charge in [0.05, 0.1) is 35.0 Å². The number of aryl methyl sites for hydroxylation is 2. The molecule has 1 atom stereocenters. The minimum absolute atomic E-state index is 0.120. The fourth-order valence-corrected chi connectivity index (χ4v) is 7.02. The van der Waals surface area contributed by atoms with E-state index in [1.807, 2.05) is 13.8 Å². The maximum absolute atomic E-state index is 13.8. The number of aromatic amines is 1. The zero-order valence-corrected chi connectivity index (χ0v) is 23.3. The Kier molecular flexibility index (Phi) is 7.33. The largest absolute Gasteiger partial charge is 0.493 e. The summed E-state index contributed by atoms with van der Waals surface area (Å²) < 4.78 is 42.6. The van der Waals surface area contributed by atoms with Crippen molar-refractivity contribution in [1.29, 1.82) is 0 Å². The van der Waals surface area contributed by atoms with E-state index < -0.39 is 15.6 Å². The van der Waals surface area contributed by atoms with Crippen LogP contribution in [0.4, 0.5) is 0 Å². The van der Waals surface area contributed by atoms with E-state index in [4.69, 9.17) is 9.47 Å². The number of nitrogens with zero attached hydrogens (tertiary/aromatic N) is 5. The van der Waals surface area contributed by atoms with E-state index in [2.05, 4.69) is 26.9 Å². The molecule has 1 spiro atoms. The van der Waals surface area contributed by atoms with Crippen molar-refractivity contribution >= 4 is 15.5 Å². The van der Waals surface area contributed by atoms with Crippen LogP contribution in [0.1, 0.15) is 45.1 Å². The van der Waals surface area contributed by atoms with Crippen LogP contribution in [-0.2, 0) is 21.2 Å². The van der Waals surface area contributed by atoms with Crippen molar-refractivity contribution in [2.45, 2.75) is 57.5 Å². The number of ether oxygens (including phenoxy) is 2. The summed E-state index contributed by atoms with van der Waals surface area (Å²) in [7, 11) is -3.83. The Hall–Kier alpha value is -2.80. The molecular formula is C26H36N6O5S. The molecule has 5 rings (SSSR count). The molecule has 0 aliphatic carbocycles. The number of benzene rings is 1. The summed E-state index contributed by atoms with van der Waals surface area (Å²) in [5, 5.41) is 4.68. The number of sulfonamides is 1. The van der Waals surface area contributed by atoms with Gasteiger partial charge in [-0.2, -0.15) is 4.31 Å². The van der Waals surface area contributed by atoms with Gasteiger partial charge in [0.2, 0.25) is 10.0 Å². The third-order valence-corrected chi connectivity index (χ3v) is 9.26. The number of imidazole rings is 1. The monoisotopic (exact) mass is 544 g/mol. The third kappa shape index (κ3) is 4.74. The molecule has 12 heteroatoms. The van der Waals surface area contributed by atoms with Crippen LogP contribution >= 0.6 is 0 Å². The molecule has 1 aromatic carbocycles. The van der Waals surface area contributed by atoms with Gasteiger partial charge in [0.1, 0.15) is 11.6 Å². The average molecular weight is 545 g/mol. The van der Waals surface area contributed by atoms with Gasteiger partial charge >= 0.3 is 0 Å². The average Bonchev–Trinajstić information content (AvgIpc) is 3.45. The summed E-state index contributed by atoms with van der Waals surface area (Å²) >= 11 is 0. The van der Waals surface area contributed by atoms with Crippen LogP contribution < -0.4 is 10.3 Å². The van der Waals surface area contributed by atoms with Gasteiger partial charge in [-0.15, -0.1) is 5.10 Å². The number of fused-ring (bicyclic) bond motifs is 1. The predicted octanol–water partition coefficient (Wildman–Crippen LogP) is 2.23. The number of aromatic nitrogens is 4. The van der Waals surface area contributed by atoms with Gasteiger partial charge in [-0.1, -0.05) is 13.8 Å². The van der Waals surface area contributed by atoms with Gasteiger partial charge in [0.25, 0.3) is 5.56 Å². The molecule has 11 nitrogen and oxygen atoms in total. The highest BCUT2D eigenvalue weighted by atomic mass is 32.2. The van der Waals surface area contributed by atoms with Gasteiger partial charge in [-0.3, -0.25) is 9.69 Å². The molecule has 2 saturated heterocycles. The maximum atomic E-state index is 13.8. The molecule has 0 radical (unpaired) electrons. The van der Waals surface area contributed by atoms with Crippen LogP contribution in [0.2, 0.25) is 0 Å². The summed E-state index contributed by atoms with van der Waals surface area (Å²) in [6.07, 6.45) is 2.15. The van der Waals surface area contributed by atoms with Crippen molar-refractivity contribution < 1.29 is 17.9 Å². The fraction of sp³-hybridized carbons (Fsp3) is 0.577. The first kappa shape index (κ1) is 26.8. The van der Waals surface area contributed by atoms with Crippen LogP contribution in [0, 0.1) is 6.92 Å². The quantitative estimate of drug-likeness (QED) is 0.458. The van der Waals surface area contributed by atoms with Crippen LogP contribution in [-0.4, -0.2) is 88.7 Å². The van der Waals surface area contributed by atoms with Crippen LogP contribution in [0.5, 0.6) is 5.75 Å². The van der Waals surface area contributed by atoms with Crippen molar-refractivity contribution in [1.82, 2.24) is 28.8 Å². The first-order chi connectivity index (χ1) is 18.2. The molecule has 0 saturated carbocycles. The zero-order chi connectivity index (χ0) is 27.1. The van der Waals surface area contributed by atoms with Crippen molar-refractivity contribution in [2.75, 3.05) is 45.9 Å². The summed E-state index contributed by atoms with van der Waals surface area (Å²) in [5.41, 5.74) is 0.567. The predicted molar refractivity (Wildman–Crippen MR) is 143 cm³/mol. The highest BCUT2D eigenvalue weighted by Crippen LogP contribution is 2.35. The van der Waals surface area contributed by atoms with E-state index in [0.29, 0.717) is 67.5 Å². The van der Waals surface area contributed by atoms with Gasteiger partial charge < -0.3 is 14.5 Å². The van der Waals surface area contributed by atoms with Gasteiger partial charge in [0, 0.05) is 32.6 Å². The summed E-state index contributed by atoms with van der Waals surface area (Å²) in [4.78, 5) is 22.8. The molecule has 2 fully saturated rings. The Morgan fingerprint density at radius 3 is 2.74 bits per heavy atom. The zero-order valence-electron chi connectivity index (χ0n) is 22.5. The van der Waals surface area contributed by atoms with E-state index in [1.54, 1.807) is 29.6 Å². The standard InChI is InChI=1S/C26H36N6O5S/c1-5-8-22-27-18(4)23-25(33)28-24(29-32(22)23)20-15-19(9-10-21(20)36-7-3)38(34,35)31-12-11-26(17-31)16-30(6-2)13-14-37-26/h9-10,15H,5-8,11-14,16-17H2,1-4H3,(H,28,29,33). The van der Waals surface area contributed by atoms with Crippen molar-refractivity contribution in [3.05, 3.63) is 40.1 Å². The molecule has 1 N–H and O–H groups in total. The lowest BCUT2D eigenvalue weighted by atomic mass is 10.0. The number of H-pyrrole nitrogens is 1. The molecular weight excluding hydrogens is 508 g/mol. The van der Waals surface area contributed by atoms with E-state index >= 15 is 0 Å². The molecule has 2 aromatic heterocycles. The Labute approximate surface area is 222 Å². The van der Waals surface area contributed by atoms with Crippen LogP contribution in [0.3, 0.4) is 0 Å². The van der Waals surface area contributed by atoms with E-state index in [-0.39, 0.29) is 16.3 Å². The van der Waals surface area contributed by atoms with E-state index in [0.717, 1.165) is 26.1 Å². The molecule has 4 heterocycles. The van der Waals surface area contributed by atoms with Gasteiger partial charge in [-0.05, 0) is 51.4 Å². The first-order valence-electron chi connectivity index (χ1n) is 13.3. The van der Waals surface area contributed by atoms with E-state index in [1.165, 1.54) is 4.31 Å². The topological polar surface area (TPSA) is 122 Å². The summed E-state index contributed by atoms with van der Waals surface area (Å²) in [5.74, 6) is 1.35. The number of rotatable bonds is 8. The molecule has 1 unspecified atom stereocenters. The van der Waals surface area contributed by atoms with Crippen molar-refractivity contribution in [2.24, 2.45) is 0 Å². The second-order valence-electron chi connectivity index (χ2n) is 10.0. The van der Waals surface area contributed by atoms with Crippen LogP contribution in [0.25, 0.3) is 16.9 Å². The van der Waals surface area contributed by atoms with Gasteiger partial charge in [-0.25, -0.2) is 17.9 Å². The summed E-state index contributed by atoms with van der Waals surface area (Å²) in [6, 6.07) is 4.72. The number of nitrogens with one attached hydrogen (secondary N) is 1. The fourth-order valence-electron chi connectivity index (χ4n) is 5.48. The molecule has 206 valence electrons. The molecule has 0 bridgehead atoms. The minimum Gasteiger partial charge on any atom is -0.493 e. The highest BCUT2D eigenvalue weighted by Gasteiger charge is 2.46. The third-order valence-electron chi connectivity index (χ3n) is 7.42. The molecule has 2 aliphatic rings. The Balaban J connectivity index is 1.54. The Morgan fingerprint density at radius 2 is 2.00 bits per heavy atom. The van der Waals surface area contributed by atoms with Gasteiger partial charge in [0.15, 0.2) is 11.3 Å². The summed E-state index contributed by atoms with van der Waals surface area (Å²) in [6.45, 7) is 11.9. The lowest BCUT2D eigenvalue weighted by Crippen LogP contribution is -2.53. The first-order valence-corrected chi connectivity index (χ1v) is 14.8. The molecule has 2 aliphatic heterocycles. The smallest absolute Gasteiger partial charge is 0.277 e. The highest BCUT2D eigenvalue weighted by molar-refractivity contribution is 7.89. The Morgan fingerprint density at radius 1 is 1.18 bits per heavy atom. The SMILES string of the molecule is CCCc1nc(C)c2c(=O)[nH]c(-c3cc(S(=O)(=O)N4CCC5(CN(CC)CCO5)C4)ccc3OCC)nn12.